The van der Waals surface area contributed by atoms with Crippen LogP contribution in [0.3, 0.4) is 0 Å². The molecule has 0 aliphatic carbocycles. The second-order valence-corrected chi connectivity index (χ2v) is 5.08. The van der Waals surface area contributed by atoms with Crippen molar-refractivity contribution in [2.24, 2.45) is 0 Å². The third kappa shape index (κ3) is 5.39. The molecule has 24 heavy (non-hydrogen) atoms. The van der Waals surface area contributed by atoms with E-state index < -0.39 is 18.2 Å². The normalized spacial score (nSPS) is 11.4. The number of carbonyl (C=O) groups excluding carboxylic acids is 2. The van der Waals surface area contributed by atoms with Crippen LogP contribution in [0.15, 0.2) is 54.6 Å². The number of benzene rings is 2. The van der Waals surface area contributed by atoms with E-state index in [1.165, 1.54) is 0 Å². The van der Waals surface area contributed by atoms with E-state index in [0.29, 0.717) is 11.3 Å². The molecule has 1 atom stereocenters. The highest BCUT2D eigenvalue weighted by atomic mass is 19.1. The maximum atomic E-state index is 13.5. The van der Waals surface area contributed by atoms with Crippen molar-refractivity contribution in [2.75, 3.05) is 12.4 Å². The molecule has 6 heteroatoms. The molecule has 1 unspecified atom stereocenters. The van der Waals surface area contributed by atoms with Crippen LogP contribution in [0.4, 0.5) is 14.9 Å². The summed E-state index contributed by atoms with van der Waals surface area (Å²) in [7, 11) is 1.14. The molecule has 2 rings (SSSR count). The Labute approximate surface area is 139 Å². The summed E-state index contributed by atoms with van der Waals surface area (Å²) in [5.74, 6) is -0.901. The topological polar surface area (TPSA) is 64.6 Å². The predicted molar refractivity (Wildman–Crippen MR) is 87.3 cm³/mol. The Morgan fingerprint density at radius 1 is 1.04 bits per heavy atom. The van der Waals surface area contributed by atoms with Crippen molar-refractivity contribution in [3.8, 4) is 0 Å². The molecule has 0 aromatic heterocycles. The standard InChI is InChI=1S/C18H18FNO4/c1-23-17(21)16(19)11-13-7-9-15(10-8-13)20-18(22)24-12-14-5-3-2-4-6-14/h2-10,16H,11-12H2,1H3,(H,20,22). The molecule has 2 aromatic rings. The number of nitrogens with one attached hydrogen (secondary N) is 1. The largest absolute Gasteiger partial charge is 0.467 e. The Morgan fingerprint density at radius 3 is 2.33 bits per heavy atom. The van der Waals surface area contributed by atoms with Gasteiger partial charge in [0.15, 0.2) is 0 Å². The van der Waals surface area contributed by atoms with E-state index in [9.17, 15) is 14.0 Å². The molecular weight excluding hydrogens is 313 g/mol. The number of methoxy groups -OCH3 is 1. The summed E-state index contributed by atoms with van der Waals surface area (Å²) in [4.78, 5) is 22.8. The van der Waals surface area contributed by atoms with Crippen LogP contribution < -0.4 is 5.32 Å². The predicted octanol–water partition coefficient (Wildman–Crippen LogP) is 3.49. The first-order valence-corrected chi connectivity index (χ1v) is 7.37. The SMILES string of the molecule is COC(=O)C(F)Cc1ccc(NC(=O)OCc2ccccc2)cc1. The summed E-state index contributed by atoms with van der Waals surface area (Å²) in [6, 6.07) is 15.8. The lowest BCUT2D eigenvalue weighted by atomic mass is 10.1. The number of rotatable bonds is 6. The Kier molecular flexibility index (Phi) is 6.31. The van der Waals surface area contributed by atoms with Crippen LogP contribution >= 0.6 is 0 Å². The van der Waals surface area contributed by atoms with Gasteiger partial charge in [0.05, 0.1) is 7.11 Å². The molecular formula is C18H18FNO4. The number of alkyl halides is 1. The number of halogens is 1. The molecule has 0 saturated carbocycles. The van der Waals surface area contributed by atoms with E-state index in [-0.39, 0.29) is 13.0 Å². The van der Waals surface area contributed by atoms with E-state index in [0.717, 1.165) is 12.7 Å². The van der Waals surface area contributed by atoms with Gasteiger partial charge in [0.1, 0.15) is 6.61 Å². The second-order valence-electron chi connectivity index (χ2n) is 5.08. The van der Waals surface area contributed by atoms with E-state index in [4.69, 9.17) is 4.74 Å². The zero-order chi connectivity index (χ0) is 17.4. The summed E-state index contributed by atoms with van der Waals surface area (Å²) < 4.78 is 22.9. The lowest BCUT2D eigenvalue weighted by Gasteiger charge is -2.09. The molecule has 126 valence electrons. The fourth-order valence-corrected chi connectivity index (χ4v) is 2.02. The molecule has 0 spiro atoms. The van der Waals surface area contributed by atoms with Crippen LogP contribution in [-0.2, 0) is 27.3 Å². The van der Waals surface area contributed by atoms with E-state index in [2.05, 4.69) is 10.1 Å². The summed E-state index contributed by atoms with van der Waals surface area (Å²) >= 11 is 0. The first kappa shape index (κ1) is 17.5. The third-order valence-electron chi connectivity index (χ3n) is 3.28. The highest BCUT2D eigenvalue weighted by Gasteiger charge is 2.18. The Balaban J connectivity index is 1.82. The number of carbonyl (C=O) groups is 2. The van der Waals surface area contributed by atoms with E-state index in [1.807, 2.05) is 30.3 Å². The molecule has 2 aromatic carbocycles. The van der Waals surface area contributed by atoms with Crippen molar-refractivity contribution in [3.05, 3.63) is 65.7 Å². The van der Waals surface area contributed by atoms with Gasteiger partial charge < -0.3 is 9.47 Å². The monoisotopic (exact) mass is 331 g/mol. The van der Waals surface area contributed by atoms with Crippen molar-refractivity contribution in [2.45, 2.75) is 19.2 Å². The first-order valence-electron chi connectivity index (χ1n) is 7.37. The van der Waals surface area contributed by atoms with Crippen LogP contribution in [0.1, 0.15) is 11.1 Å². The second kappa shape index (κ2) is 8.67. The lowest BCUT2D eigenvalue weighted by molar-refractivity contribution is -0.146. The average molecular weight is 331 g/mol. The van der Waals surface area contributed by atoms with Crippen LogP contribution in [-0.4, -0.2) is 25.3 Å². The minimum atomic E-state index is -1.70. The fraction of sp³-hybridized carbons (Fsp3) is 0.222. The summed E-state index contributed by atoms with van der Waals surface area (Å²) in [5, 5.41) is 2.58. The van der Waals surface area contributed by atoms with Gasteiger partial charge in [0, 0.05) is 12.1 Å². The minimum Gasteiger partial charge on any atom is -0.467 e. The maximum Gasteiger partial charge on any atom is 0.411 e. The van der Waals surface area contributed by atoms with Gasteiger partial charge in [0.2, 0.25) is 6.17 Å². The molecule has 0 fully saturated rings. The van der Waals surface area contributed by atoms with Crippen molar-refractivity contribution in [3.63, 3.8) is 0 Å². The number of hydrogen-bond acceptors (Lipinski definition) is 4. The Morgan fingerprint density at radius 2 is 1.71 bits per heavy atom. The number of ether oxygens (including phenoxy) is 2. The quantitative estimate of drug-likeness (QED) is 0.823. The molecule has 0 saturated heterocycles. The molecule has 0 aliphatic rings. The van der Waals surface area contributed by atoms with Crippen molar-refractivity contribution >= 4 is 17.7 Å². The van der Waals surface area contributed by atoms with Gasteiger partial charge in [-0.25, -0.2) is 14.0 Å². The smallest absolute Gasteiger partial charge is 0.411 e. The van der Waals surface area contributed by atoms with Crippen LogP contribution in [0.5, 0.6) is 0 Å². The molecule has 1 amide bonds. The van der Waals surface area contributed by atoms with Crippen molar-refractivity contribution in [1.82, 2.24) is 0 Å². The zero-order valence-corrected chi connectivity index (χ0v) is 13.2. The number of hydrogen-bond donors (Lipinski definition) is 1. The lowest BCUT2D eigenvalue weighted by Crippen LogP contribution is -2.19. The van der Waals surface area contributed by atoms with Gasteiger partial charge in [-0.3, -0.25) is 5.32 Å². The molecule has 5 nitrogen and oxygen atoms in total. The summed E-state index contributed by atoms with van der Waals surface area (Å²) in [6.45, 7) is 0.174. The van der Waals surface area contributed by atoms with Gasteiger partial charge in [-0.15, -0.1) is 0 Å². The molecule has 0 bridgehead atoms. The molecule has 1 N–H and O–H groups in total. The highest BCUT2D eigenvalue weighted by molar-refractivity contribution is 5.84. The maximum absolute atomic E-state index is 13.5. The minimum absolute atomic E-state index is 0.0780. The van der Waals surface area contributed by atoms with Crippen LogP contribution in [0.2, 0.25) is 0 Å². The van der Waals surface area contributed by atoms with Crippen molar-refractivity contribution in [1.29, 1.82) is 0 Å². The van der Waals surface area contributed by atoms with Gasteiger partial charge in [-0.2, -0.15) is 0 Å². The van der Waals surface area contributed by atoms with Crippen molar-refractivity contribution < 1.29 is 23.5 Å². The van der Waals surface area contributed by atoms with Crippen LogP contribution in [0.25, 0.3) is 0 Å². The Bertz CT molecular complexity index is 673. The van der Waals surface area contributed by atoms with E-state index in [1.54, 1.807) is 24.3 Å². The highest BCUT2D eigenvalue weighted by Crippen LogP contribution is 2.13. The first-order chi connectivity index (χ1) is 11.6. The van der Waals surface area contributed by atoms with Gasteiger partial charge >= 0.3 is 12.1 Å². The van der Waals surface area contributed by atoms with Gasteiger partial charge in [-0.05, 0) is 23.3 Å². The fourth-order valence-electron chi connectivity index (χ4n) is 2.02. The number of esters is 1. The van der Waals surface area contributed by atoms with Crippen LogP contribution in [0, 0.1) is 0 Å². The Hall–Kier alpha value is -2.89. The average Bonchev–Trinajstić information content (AvgIpc) is 2.61. The summed E-state index contributed by atoms with van der Waals surface area (Å²) in [6.07, 6.45) is -2.36. The number of amides is 1. The third-order valence-corrected chi connectivity index (χ3v) is 3.28. The molecule has 0 heterocycles. The molecule has 0 aliphatic heterocycles. The zero-order valence-electron chi connectivity index (χ0n) is 13.2. The summed E-state index contributed by atoms with van der Waals surface area (Å²) in [5.41, 5.74) is 2.03. The molecule has 0 radical (unpaired) electrons. The number of anilines is 1. The van der Waals surface area contributed by atoms with E-state index >= 15 is 0 Å². The van der Waals surface area contributed by atoms with Gasteiger partial charge in [-0.1, -0.05) is 42.5 Å². The van der Waals surface area contributed by atoms with Gasteiger partial charge in [0.25, 0.3) is 0 Å².